The summed E-state index contributed by atoms with van der Waals surface area (Å²) in [5.41, 5.74) is 4.68. The fourth-order valence-corrected chi connectivity index (χ4v) is 3.64. The largest absolute Gasteiger partial charge is 0.478 e. The van der Waals surface area contributed by atoms with Gasteiger partial charge >= 0.3 is 0 Å². The molecule has 0 saturated carbocycles. The van der Waals surface area contributed by atoms with Gasteiger partial charge in [0.25, 0.3) is 0 Å². The lowest BCUT2D eigenvalue weighted by Crippen LogP contribution is -2.34. The van der Waals surface area contributed by atoms with Crippen molar-refractivity contribution in [3.63, 3.8) is 0 Å². The van der Waals surface area contributed by atoms with Crippen molar-refractivity contribution in [3.05, 3.63) is 63.9 Å². The van der Waals surface area contributed by atoms with E-state index in [1.54, 1.807) is 7.11 Å². The third-order valence-electron chi connectivity index (χ3n) is 5.29. The van der Waals surface area contributed by atoms with Crippen molar-refractivity contribution in [1.29, 1.82) is 0 Å². The maximum Gasteiger partial charge on any atom is 0.232 e. The minimum absolute atomic E-state index is 0.0658. The Hall–Kier alpha value is -2.63. The quantitative estimate of drug-likeness (QED) is 0.736. The number of rotatable bonds is 5. The third kappa shape index (κ3) is 3.43. The van der Waals surface area contributed by atoms with Crippen molar-refractivity contribution >= 4 is 11.9 Å². The van der Waals surface area contributed by atoms with E-state index in [0.29, 0.717) is 37.0 Å². The van der Waals surface area contributed by atoms with Gasteiger partial charge in [-0.3, -0.25) is 9.69 Å². The first-order valence-corrected chi connectivity index (χ1v) is 9.64. The maximum atomic E-state index is 13.0. The summed E-state index contributed by atoms with van der Waals surface area (Å²) >= 11 is 0. The van der Waals surface area contributed by atoms with Gasteiger partial charge in [0, 0.05) is 20.2 Å². The molecule has 2 aromatic carbocycles. The molecule has 2 aliphatic heterocycles. The Balaban J connectivity index is 1.66. The van der Waals surface area contributed by atoms with Gasteiger partial charge in [-0.25, -0.2) is 0 Å². The van der Waals surface area contributed by atoms with E-state index >= 15 is 0 Å². The number of nitrogens with zero attached hydrogens (tertiary/aromatic N) is 1. The van der Waals surface area contributed by atoms with Crippen LogP contribution < -0.4 is 9.47 Å². The fraction of sp³-hybridized carbons (Fsp3) is 0.348. The Labute approximate surface area is 165 Å². The topological polar surface area (TPSA) is 48.0 Å². The summed E-state index contributed by atoms with van der Waals surface area (Å²) in [6.07, 6.45) is 2.81. The molecule has 28 heavy (non-hydrogen) atoms. The summed E-state index contributed by atoms with van der Waals surface area (Å²) in [7, 11) is 1.69. The number of ketones is 1. The second-order valence-corrected chi connectivity index (χ2v) is 7.23. The zero-order valence-electron chi connectivity index (χ0n) is 16.6. The lowest BCUT2D eigenvalue weighted by atomic mass is 9.98. The third-order valence-corrected chi connectivity index (χ3v) is 5.29. The number of benzene rings is 2. The highest BCUT2D eigenvalue weighted by Crippen LogP contribution is 2.43. The number of hydrogen-bond donors (Lipinski definition) is 0. The number of fused-ring (bicyclic) bond motifs is 3. The predicted octanol–water partition coefficient (Wildman–Crippen LogP) is 3.97. The zero-order chi connectivity index (χ0) is 19.7. The van der Waals surface area contributed by atoms with E-state index < -0.39 is 0 Å². The average molecular weight is 379 g/mol. The molecule has 0 radical (unpaired) electrons. The number of carbonyl (C=O) groups excluding carboxylic acids is 1. The highest BCUT2D eigenvalue weighted by atomic mass is 16.5. The fourth-order valence-electron chi connectivity index (χ4n) is 3.64. The molecular weight excluding hydrogens is 354 g/mol. The summed E-state index contributed by atoms with van der Waals surface area (Å²) in [4.78, 5) is 15.2. The first-order chi connectivity index (χ1) is 13.6. The van der Waals surface area contributed by atoms with Crippen LogP contribution in [0.1, 0.15) is 39.5 Å². The van der Waals surface area contributed by atoms with Gasteiger partial charge in [0.1, 0.15) is 18.2 Å². The Bertz CT molecular complexity index is 931. The molecule has 4 rings (SSSR count). The predicted molar refractivity (Wildman–Crippen MR) is 108 cm³/mol. The lowest BCUT2D eigenvalue weighted by molar-refractivity contribution is 0.0646. The van der Waals surface area contributed by atoms with Gasteiger partial charge in [-0.15, -0.1) is 0 Å². The normalized spacial score (nSPS) is 17.2. The van der Waals surface area contributed by atoms with Crippen LogP contribution in [0.15, 0.2) is 36.1 Å². The van der Waals surface area contributed by atoms with Crippen LogP contribution in [0.25, 0.3) is 6.08 Å². The van der Waals surface area contributed by atoms with E-state index in [1.807, 2.05) is 31.2 Å². The van der Waals surface area contributed by atoms with Gasteiger partial charge in [0.15, 0.2) is 5.76 Å². The van der Waals surface area contributed by atoms with Gasteiger partial charge < -0.3 is 14.2 Å². The van der Waals surface area contributed by atoms with Crippen molar-refractivity contribution in [3.8, 4) is 11.5 Å². The van der Waals surface area contributed by atoms with E-state index in [1.165, 1.54) is 5.56 Å². The highest BCUT2D eigenvalue weighted by Gasteiger charge is 2.35. The van der Waals surface area contributed by atoms with Crippen molar-refractivity contribution in [2.75, 3.05) is 27.0 Å². The van der Waals surface area contributed by atoms with Crippen LogP contribution in [-0.2, 0) is 17.7 Å². The number of allylic oxidation sites excluding steroid dienone is 1. The number of carbonyl (C=O) groups is 1. The Kier molecular flexibility index (Phi) is 5.20. The molecule has 0 bridgehead atoms. The number of ether oxygens (including phenoxy) is 3. The molecule has 5 heteroatoms. The Morgan fingerprint density at radius 2 is 2.04 bits per heavy atom. The lowest BCUT2D eigenvalue weighted by Gasteiger charge is -2.29. The van der Waals surface area contributed by atoms with E-state index in [-0.39, 0.29) is 5.78 Å². The minimum Gasteiger partial charge on any atom is -0.478 e. The minimum atomic E-state index is -0.0658. The summed E-state index contributed by atoms with van der Waals surface area (Å²) in [5, 5.41) is 0. The summed E-state index contributed by atoms with van der Waals surface area (Å²) in [6.45, 7) is 6.63. The monoisotopic (exact) mass is 379 g/mol. The van der Waals surface area contributed by atoms with Crippen LogP contribution in [0.2, 0.25) is 0 Å². The summed E-state index contributed by atoms with van der Waals surface area (Å²) in [5.74, 6) is 1.73. The molecule has 0 aromatic heterocycles. The van der Waals surface area contributed by atoms with Crippen LogP contribution in [0.4, 0.5) is 0 Å². The summed E-state index contributed by atoms with van der Waals surface area (Å²) in [6, 6.07) is 10.1. The molecule has 0 N–H and O–H groups in total. The average Bonchev–Trinajstić information content (AvgIpc) is 3.04. The second kappa shape index (κ2) is 7.78. The highest BCUT2D eigenvalue weighted by molar-refractivity contribution is 6.15. The molecule has 0 unspecified atom stereocenters. The van der Waals surface area contributed by atoms with Crippen molar-refractivity contribution in [2.24, 2.45) is 0 Å². The van der Waals surface area contributed by atoms with Crippen LogP contribution in [0, 0.1) is 6.92 Å². The molecule has 146 valence electrons. The summed E-state index contributed by atoms with van der Waals surface area (Å²) < 4.78 is 17.2. The van der Waals surface area contributed by atoms with Gasteiger partial charge in [0.05, 0.1) is 17.7 Å². The number of hydrogen-bond acceptors (Lipinski definition) is 5. The molecule has 0 atom stereocenters. The molecule has 5 nitrogen and oxygen atoms in total. The van der Waals surface area contributed by atoms with Crippen LogP contribution in [-0.4, -0.2) is 37.7 Å². The van der Waals surface area contributed by atoms with Crippen molar-refractivity contribution in [1.82, 2.24) is 4.90 Å². The SMILES string of the molecule is CCc1ccc(/C=C2\Oc3c4c(cc(C)c3C2=O)OCN(CCOC)C4)cc1. The van der Waals surface area contributed by atoms with E-state index in [2.05, 4.69) is 24.0 Å². The maximum absolute atomic E-state index is 13.0. The molecule has 0 aliphatic carbocycles. The van der Waals surface area contributed by atoms with Gasteiger partial charge in [-0.1, -0.05) is 31.2 Å². The van der Waals surface area contributed by atoms with Crippen molar-refractivity contribution in [2.45, 2.75) is 26.8 Å². The molecule has 0 amide bonds. The molecule has 2 aliphatic rings. The molecule has 0 saturated heterocycles. The van der Waals surface area contributed by atoms with Gasteiger partial charge in [0.2, 0.25) is 5.78 Å². The first kappa shape index (κ1) is 18.7. The Morgan fingerprint density at radius 3 is 2.75 bits per heavy atom. The van der Waals surface area contributed by atoms with Gasteiger partial charge in [-0.2, -0.15) is 0 Å². The zero-order valence-corrected chi connectivity index (χ0v) is 16.6. The van der Waals surface area contributed by atoms with Crippen molar-refractivity contribution < 1.29 is 19.0 Å². The second-order valence-electron chi connectivity index (χ2n) is 7.23. The van der Waals surface area contributed by atoms with E-state index in [4.69, 9.17) is 14.2 Å². The van der Waals surface area contributed by atoms with E-state index in [0.717, 1.165) is 35.4 Å². The van der Waals surface area contributed by atoms with Crippen LogP contribution >= 0.6 is 0 Å². The molecule has 0 spiro atoms. The smallest absolute Gasteiger partial charge is 0.232 e. The standard InChI is InChI=1S/C23H25NO4/c1-4-16-5-7-17(8-6-16)12-20-22(25)21-15(2)11-19-18(23(21)28-20)13-24(14-27-19)9-10-26-3/h5-8,11-12H,4,9-10,13-14H2,1-3H3/b20-12-. The number of aryl methyl sites for hydroxylation is 2. The molecular formula is C23H25NO4. The van der Waals surface area contributed by atoms with Crippen LogP contribution in [0.5, 0.6) is 11.5 Å². The first-order valence-electron chi connectivity index (χ1n) is 9.64. The van der Waals surface area contributed by atoms with Crippen LogP contribution in [0.3, 0.4) is 0 Å². The van der Waals surface area contributed by atoms with Gasteiger partial charge in [-0.05, 0) is 42.2 Å². The molecule has 2 aromatic rings. The Morgan fingerprint density at radius 1 is 1.25 bits per heavy atom. The number of Topliss-reactive ketones (excluding diaryl/α,β-unsaturated/α-hetero) is 1. The van der Waals surface area contributed by atoms with E-state index in [9.17, 15) is 4.79 Å². The molecule has 0 fully saturated rings. The number of methoxy groups -OCH3 is 1. The molecule has 2 heterocycles.